The van der Waals surface area contributed by atoms with Gasteiger partial charge in [0.1, 0.15) is 0 Å². The Bertz CT molecular complexity index is 52.3. The maximum atomic E-state index is 9.06. The van der Waals surface area contributed by atoms with Crippen molar-refractivity contribution in [1.29, 1.82) is 0 Å². The predicted octanol–water partition coefficient (Wildman–Crippen LogP) is 1.31. The van der Waals surface area contributed by atoms with Crippen LogP contribution in [0.3, 0.4) is 0 Å². The lowest BCUT2D eigenvalue weighted by Gasteiger charge is -1.67. The normalized spacial score (nSPS) is 15.7. The van der Waals surface area contributed by atoms with Crippen molar-refractivity contribution >= 4 is 6.41 Å². The van der Waals surface area contributed by atoms with Crippen molar-refractivity contribution in [1.82, 2.24) is 5.32 Å². The number of nitrogens with one attached hydrogen (secondary N) is 1. The number of hydrogen-bond acceptors (Lipinski definition) is 1. The monoisotopic (exact) mass is 129 g/mol. The van der Waals surface area contributed by atoms with Gasteiger partial charge >= 0.3 is 0 Å². The Balaban J connectivity index is 0.000000148. The smallest absolute Gasteiger partial charge is 0.206 e. The molecule has 1 amide bonds. The molecule has 0 bridgehead atoms. The van der Waals surface area contributed by atoms with Gasteiger partial charge in [0.2, 0.25) is 6.41 Å². The molecule has 0 aromatic rings. The molecule has 0 atom stereocenters. The van der Waals surface area contributed by atoms with E-state index in [2.05, 4.69) is 5.32 Å². The summed E-state index contributed by atoms with van der Waals surface area (Å²) in [6, 6.07) is 0. The Morgan fingerprint density at radius 1 is 1.11 bits per heavy atom. The molecule has 0 aromatic heterocycles. The summed E-state index contributed by atoms with van der Waals surface area (Å²) in [5.41, 5.74) is 0. The fraction of sp³-hybridized carbons (Fsp3) is 0.857. The molecule has 1 aliphatic rings. The Labute approximate surface area is 56.6 Å². The molecule has 0 aromatic carbocycles. The molecule has 2 heteroatoms. The first kappa shape index (κ1) is 8.47. The van der Waals surface area contributed by atoms with E-state index in [1.807, 2.05) is 0 Å². The number of hydrogen-bond donors (Lipinski definition) is 1. The van der Waals surface area contributed by atoms with Crippen molar-refractivity contribution in [3.8, 4) is 0 Å². The van der Waals surface area contributed by atoms with Crippen LogP contribution in [0, 0.1) is 0 Å². The molecule has 1 fully saturated rings. The quantitative estimate of drug-likeness (QED) is 0.531. The minimum Gasteiger partial charge on any atom is -0.362 e. The van der Waals surface area contributed by atoms with E-state index in [1.165, 1.54) is 32.1 Å². The maximum absolute atomic E-state index is 9.06. The number of rotatable bonds is 1. The Hall–Kier alpha value is -0.530. The third-order valence-corrected chi connectivity index (χ3v) is 1.37. The summed E-state index contributed by atoms with van der Waals surface area (Å²) in [5.74, 6) is 0. The van der Waals surface area contributed by atoms with Gasteiger partial charge < -0.3 is 5.32 Å². The molecule has 1 N–H and O–H groups in total. The van der Waals surface area contributed by atoms with Gasteiger partial charge in [-0.05, 0) is 0 Å². The van der Waals surface area contributed by atoms with Crippen molar-refractivity contribution in [2.45, 2.75) is 32.1 Å². The molecule has 0 spiro atoms. The number of amides is 1. The Morgan fingerprint density at radius 2 is 1.33 bits per heavy atom. The Kier molecular flexibility index (Phi) is 7.03. The van der Waals surface area contributed by atoms with E-state index in [-0.39, 0.29) is 0 Å². The molecule has 0 radical (unpaired) electrons. The van der Waals surface area contributed by atoms with Crippen LogP contribution in [0.2, 0.25) is 0 Å². The van der Waals surface area contributed by atoms with E-state index < -0.39 is 0 Å². The predicted molar refractivity (Wildman–Crippen MR) is 38.2 cm³/mol. The second-order valence-electron chi connectivity index (χ2n) is 2.17. The highest BCUT2D eigenvalue weighted by molar-refractivity contribution is 5.44. The lowest BCUT2D eigenvalue weighted by Crippen LogP contribution is -1.98. The summed E-state index contributed by atoms with van der Waals surface area (Å²) in [6.07, 6.45) is 8.12. The van der Waals surface area contributed by atoms with Crippen LogP contribution in [0.5, 0.6) is 0 Å². The summed E-state index contributed by atoms with van der Waals surface area (Å²) >= 11 is 0. The average Bonchev–Trinajstić information content (AvgIpc) is 2.43. The van der Waals surface area contributed by atoms with Crippen LogP contribution < -0.4 is 5.32 Å². The third-order valence-electron chi connectivity index (χ3n) is 1.37. The van der Waals surface area contributed by atoms with Crippen LogP contribution in [-0.2, 0) is 4.79 Å². The molecule has 2 nitrogen and oxygen atoms in total. The van der Waals surface area contributed by atoms with Crippen LogP contribution >= 0.6 is 0 Å². The average molecular weight is 129 g/mol. The minimum atomic E-state index is 0.625. The highest BCUT2D eigenvalue weighted by Crippen LogP contribution is 2.15. The van der Waals surface area contributed by atoms with Crippen LogP contribution in [-0.4, -0.2) is 13.5 Å². The SMILES string of the molecule is C1CCCC1.CNC=O. The van der Waals surface area contributed by atoms with E-state index in [9.17, 15) is 0 Å². The first-order valence-electron chi connectivity index (χ1n) is 3.52. The zero-order valence-electron chi connectivity index (χ0n) is 6.02. The van der Waals surface area contributed by atoms with E-state index in [4.69, 9.17) is 4.79 Å². The molecule has 1 aliphatic carbocycles. The van der Waals surface area contributed by atoms with Crippen LogP contribution in [0.15, 0.2) is 0 Å². The summed E-state index contributed by atoms with van der Waals surface area (Å²) in [5, 5.41) is 2.25. The first-order chi connectivity index (χ1) is 4.41. The van der Waals surface area contributed by atoms with Gasteiger partial charge in [0, 0.05) is 7.05 Å². The lowest BCUT2D eigenvalue weighted by molar-refractivity contribution is -0.109. The highest BCUT2D eigenvalue weighted by Gasteiger charge is 1.95. The van der Waals surface area contributed by atoms with E-state index >= 15 is 0 Å². The standard InChI is InChI=1S/C5H10.C2H5NO/c1-2-4-5-3-1;1-3-2-4/h1-5H2;2H,1H3,(H,3,4). The molecular weight excluding hydrogens is 114 g/mol. The molecule has 54 valence electrons. The van der Waals surface area contributed by atoms with Gasteiger partial charge in [0.15, 0.2) is 0 Å². The van der Waals surface area contributed by atoms with Gasteiger partial charge in [0.05, 0.1) is 0 Å². The minimum absolute atomic E-state index is 0.625. The van der Waals surface area contributed by atoms with Crippen molar-refractivity contribution in [3.05, 3.63) is 0 Å². The molecule has 9 heavy (non-hydrogen) atoms. The van der Waals surface area contributed by atoms with Crippen molar-refractivity contribution in [2.75, 3.05) is 7.05 Å². The number of carbonyl (C=O) groups is 1. The van der Waals surface area contributed by atoms with Crippen molar-refractivity contribution in [2.24, 2.45) is 0 Å². The molecule has 0 unspecified atom stereocenters. The largest absolute Gasteiger partial charge is 0.362 e. The van der Waals surface area contributed by atoms with Crippen LogP contribution in [0.1, 0.15) is 32.1 Å². The fourth-order valence-electron chi connectivity index (χ4n) is 0.884. The second kappa shape index (κ2) is 7.47. The van der Waals surface area contributed by atoms with E-state index in [1.54, 1.807) is 7.05 Å². The third kappa shape index (κ3) is 7.47. The van der Waals surface area contributed by atoms with E-state index in [0.29, 0.717) is 6.41 Å². The van der Waals surface area contributed by atoms with Gasteiger partial charge in [-0.2, -0.15) is 0 Å². The summed E-state index contributed by atoms with van der Waals surface area (Å²) in [6.45, 7) is 0. The molecular formula is C7H15NO. The number of carbonyl (C=O) groups excluding carboxylic acids is 1. The molecule has 0 heterocycles. The second-order valence-corrected chi connectivity index (χ2v) is 2.17. The first-order valence-corrected chi connectivity index (χ1v) is 3.52. The van der Waals surface area contributed by atoms with Gasteiger partial charge in [-0.15, -0.1) is 0 Å². The Morgan fingerprint density at radius 3 is 1.44 bits per heavy atom. The van der Waals surface area contributed by atoms with Gasteiger partial charge in [0.25, 0.3) is 0 Å². The van der Waals surface area contributed by atoms with Crippen LogP contribution in [0.4, 0.5) is 0 Å². The van der Waals surface area contributed by atoms with Gasteiger partial charge in [-0.25, -0.2) is 0 Å². The summed E-state index contributed by atoms with van der Waals surface area (Å²) in [7, 11) is 1.56. The lowest BCUT2D eigenvalue weighted by atomic mass is 10.4. The molecule has 0 saturated heterocycles. The maximum Gasteiger partial charge on any atom is 0.206 e. The molecule has 1 saturated carbocycles. The van der Waals surface area contributed by atoms with Gasteiger partial charge in [-0.1, -0.05) is 32.1 Å². The molecule has 1 rings (SSSR count). The fourth-order valence-corrected chi connectivity index (χ4v) is 0.884. The van der Waals surface area contributed by atoms with E-state index in [0.717, 1.165) is 0 Å². The zero-order chi connectivity index (χ0) is 6.95. The van der Waals surface area contributed by atoms with Gasteiger partial charge in [-0.3, -0.25) is 4.79 Å². The van der Waals surface area contributed by atoms with Crippen LogP contribution in [0.25, 0.3) is 0 Å². The van der Waals surface area contributed by atoms with Crippen molar-refractivity contribution in [3.63, 3.8) is 0 Å². The van der Waals surface area contributed by atoms with Crippen molar-refractivity contribution < 1.29 is 4.79 Å². The topological polar surface area (TPSA) is 29.1 Å². The summed E-state index contributed by atoms with van der Waals surface area (Å²) in [4.78, 5) is 9.06. The highest BCUT2D eigenvalue weighted by atomic mass is 16.1. The molecule has 0 aliphatic heterocycles. The summed E-state index contributed by atoms with van der Waals surface area (Å²) < 4.78 is 0. The zero-order valence-corrected chi connectivity index (χ0v) is 6.02.